The minimum atomic E-state index is 0.132. The average Bonchev–Trinajstić information content (AvgIpc) is 3.31. The summed E-state index contributed by atoms with van der Waals surface area (Å²) in [6.07, 6.45) is 4.61. The molecule has 0 spiro atoms. The van der Waals surface area contributed by atoms with Gasteiger partial charge in [-0.25, -0.2) is 14.5 Å². The van der Waals surface area contributed by atoms with E-state index in [4.69, 9.17) is 15.5 Å². The van der Waals surface area contributed by atoms with Crippen molar-refractivity contribution in [2.24, 2.45) is 0 Å². The summed E-state index contributed by atoms with van der Waals surface area (Å²) < 4.78 is 7.34. The number of anilines is 2. The molecule has 3 aromatic heterocycles. The molecule has 4 heterocycles. The fourth-order valence-corrected chi connectivity index (χ4v) is 3.53. The molecule has 1 unspecified atom stereocenters. The van der Waals surface area contributed by atoms with Crippen LogP contribution < -0.4 is 20.7 Å². The van der Waals surface area contributed by atoms with Crippen molar-refractivity contribution in [1.29, 1.82) is 0 Å². The van der Waals surface area contributed by atoms with Gasteiger partial charge in [-0.15, -0.1) is 5.10 Å². The number of ether oxygens (including phenoxy) is 1. The first kappa shape index (κ1) is 18.0. The standard InChI is InChI=1S/C19H23N7O2/c1-13-18(20)24-26-10-7-16(23-19(13)26)25-9-3-5-15(25)14-4-2-6-17(22-14)28-11-8-21-12-27/h2,4,6-7,10,12,15H,3,5,8-9,11H2,1H3,(H2,20,24)(H,21,27). The number of aryl methyl sites for hydroxylation is 1. The van der Waals surface area contributed by atoms with E-state index in [0.29, 0.717) is 31.3 Å². The number of rotatable bonds is 7. The summed E-state index contributed by atoms with van der Waals surface area (Å²) in [5, 5.41) is 6.84. The molecule has 0 saturated carbocycles. The molecule has 1 atom stereocenters. The average molecular weight is 381 g/mol. The van der Waals surface area contributed by atoms with Crippen LogP contribution in [0.25, 0.3) is 5.65 Å². The summed E-state index contributed by atoms with van der Waals surface area (Å²) in [6, 6.07) is 7.88. The zero-order chi connectivity index (χ0) is 19.5. The Morgan fingerprint density at radius 3 is 3.11 bits per heavy atom. The number of aromatic nitrogens is 4. The third kappa shape index (κ3) is 3.42. The van der Waals surface area contributed by atoms with Crippen molar-refractivity contribution in [1.82, 2.24) is 24.9 Å². The Morgan fingerprint density at radius 1 is 1.36 bits per heavy atom. The molecule has 3 aromatic rings. The van der Waals surface area contributed by atoms with E-state index in [1.807, 2.05) is 37.4 Å². The summed E-state index contributed by atoms with van der Waals surface area (Å²) in [5.41, 5.74) is 8.52. The summed E-state index contributed by atoms with van der Waals surface area (Å²) in [5.74, 6) is 1.94. The number of fused-ring (bicyclic) bond motifs is 1. The van der Waals surface area contributed by atoms with Crippen molar-refractivity contribution < 1.29 is 9.53 Å². The highest BCUT2D eigenvalue weighted by molar-refractivity contribution is 5.61. The summed E-state index contributed by atoms with van der Waals surface area (Å²) in [6.45, 7) is 3.66. The number of nitrogen functional groups attached to an aromatic ring is 1. The molecule has 1 aliphatic rings. The Bertz CT molecular complexity index is 988. The number of hydrogen-bond acceptors (Lipinski definition) is 7. The van der Waals surface area contributed by atoms with Gasteiger partial charge in [-0.1, -0.05) is 6.07 Å². The molecule has 0 radical (unpaired) electrons. The maximum absolute atomic E-state index is 10.3. The highest BCUT2D eigenvalue weighted by atomic mass is 16.5. The van der Waals surface area contributed by atoms with Gasteiger partial charge < -0.3 is 20.7 Å². The van der Waals surface area contributed by atoms with Crippen LogP contribution in [0, 0.1) is 6.92 Å². The van der Waals surface area contributed by atoms with Crippen LogP contribution in [0.3, 0.4) is 0 Å². The number of nitrogens with two attached hydrogens (primary N) is 1. The second-order valence-corrected chi connectivity index (χ2v) is 6.74. The van der Waals surface area contributed by atoms with E-state index >= 15 is 0 Å². The largest absolute Gasteiger partial charge is 0.476 e. The first-order valence-electron chi connectivity index (χ1n) is 9.32. The van der Waals surface area contributed by atoms with Crippen LogP contribution in [-0.4, -0.2) is 45.7 Å². The van der Waals surface area contributed by atoms with Crippen molar-refractivity contribution in [2.75, 3.05) is 30.3 Å². The van der Waals surface area contributed by atoms with Gasteiger partial charge in [0.15, 0.2) is 11.5 Å². The van der Waals surface area contributed by atoms with Gasteiger partial charge in [-0.05, 0) is 31.9 Å². The van der Waals surface area contributed by atoms with Gasteiger partial charge in [0.05, 0.1) is 18.3 Å². The number of nitrogens with one attached hydrogen (secondary N) is 1. The quantitative estimate of drug-likeness (QED) is 0.471. The van der Waals surface area contributed by atoms with Crippen molar-refractivity contribution in [3.63, 3.8) is 0 Å². The lowest BCUT2D eigenvalue weighted by Gasteiger charge is -2.25. The number of carbonyl (C=O) groups is 1. The van der Waals surface area contributed by atoms with Crippen molar-refractivity contribution in [2.45, 2.75) is 25.8 Å². The predicted molar refractivity (Wildman–Crippen MR) is 105 cm³/mol. The first-order chi connectivity index (χ1) is 13.7. The second-order valence-electron chi connectivity index (χ2n) is 6.74. The van der Waals surface area contributed by atoms with Gasteiger partial charge in [0.2, 0.25) is 12.3 Å². The van der Waals surface area contributed by atoms with Crippen LogP contribution in [-0.2, 0) is 4.79 Å². The van der Waals surface area contributed by atoms with E-state index in [1.54, 1.807) is 4.52 Å². The summed E-state index contributed by atoms with van der Waals surface area (Å²) >= 11 is 0. The molecule has 28 heavy (non-hydrogen) atoms. The van der Waals surface area contributed by atoms with E-state index < -0.39 is 0 Å². The van der Waals surface area contributed by atoms with Crippen LogP contribution >= 0.6 is 0 Å². The molecular weight excluding hydrogens is 358 g/mol. The predicted octanol–water partition coefficient (Wildman–Crippen LogP) is 1.48. The first-order valence-corrected chi connectivity index (χ1v) is 9.32. The molecule has 1 saturated heterocycles. The van der Waals surface area contributed by atoms with Crippen LogP contribution in [0.2, 0.25) is 0 Å². The van der Waals surface area contributed by atoms with Gasteiger partial charge in [0.25, 0.3) is 0 Å². The maximum atomic E-state index is 10.3. The Balaban J connectivity index is 1.57. The number of hydrogen-bond donors (Lipinski definition) is 2. The Morgan fingerprint density at radius 2 is 2.25 bits per heavy atom. The van der Waals surface area contributed by atoms with Crippen molar-refractivity contribution in [3.8, 4) is 5.88 Å². The molecule has 0 aliphatic carbocycles. The van der Waals surface area contributed by atoms with Crippen molar-refractivity contribution >= 4 is 23.7 Å². The highest BCUT2D eigenvalue weighted by Gasteiger charge is 2.29. The second kappa shape index (κ2) is 7.71. The Hall–Kier alpha value is -3.36. The van der Waals surface area contributed by atoms with Crippen LogP contribution in [0.5, 0.6) is 5.88 Å². The molecule has 9 heteroatoms. The van der Waals surface area contributed by atoms with Crippen molar-refractivity contribution in [3.05, 3.63) is 41.7 Å². The molecule has 0 aromatic carbocycles. The minimum Gasteiger partial charge on any atom is -0.476 e. The highest BCUT2D eigenvalue weighted by Crippen LogP contribution is 2.35. The number of carbonyl (C=O) groups excluding carboxylic acids is 1. The van der Waals surface area contributed by atoms with Crippen LogP contribution in [0.15, 0.2) is 30.5 Å². The third-order valence-corrected chi connectivity index (χ3v) is 4.95. The van der Waals surface area contributed by atoms with Crippen LogP contribution in [0.1, 0.15) is 30.1 Å². The molecule has 0 bridgehead atoms. The SMILES string of the molecule is Cc1c(N)nn2ccc(N3CCCC3c3cccc(OCCNC=O)n3)nc12. The Labute approximate surface area is 162 Å². The molecule has 3 N–H and O–H groups in total. The van der Waals surface area contributed by atoms with Gasteiger partial charge in [0.1, 0.15) is 12.4 Å². The lowest BCUT2D eigenvalue weighted by molar-refractivity contribution is -0.109. The van der Waals surface area contributed by atoms with Gasteiger partial charge in [-0.3, -0.25) is 4.79 Å². The molecule has 9 nitrogen and oxygen atoms in total. The summed E-state index contributed by atoms with van der Waals surface area (Å²) in [7, 11) is 0. The third-order valence-electron chi connectivity index (χ3n) is 4.95. The molecule has 1 aliphatic heterocycles. The lowest BCUT2D eigenvalue weighted by atomic mass is 10.1. The minimum absolute atomic E-state index is 0.132. The lowest BCUT2D eigenvalue weighted by Crippen LogP contribution is -2.24. The monoisotopic (exact) mass is 381 g/mol. The van der Waals surface area contributed by atoms with E-state index in [1.165, 1.54) is 0 Å². The van der Waals surface area contributed by atoms with Gasteiger partial charge in [-0.2, -0.15) is 0 Å². The Kier molecular flexibility index (Phi) is 4.96. The summed E-state index contributed by atoms with van der Waals surface area (Å²) in [4.78, 5) is 22.0. The molecule has 1 fully saturated rings. The normalized spacial score (nSPS) is 16.5. The smallest absolute Gasteiger partial charge is 0.213 e. The van der Waals surface area contributed by atoms with Gasteiger partial charge in [0, 0.05) is 24.4 Å². The van der Waals surface area contributed by atoms with E-state index in [2.05, 4.69) is 20.3 Å². The number of pyridine rings is 1. The maximum Gasteiger partial charge on any atom is 0.213 e. The fourth-order valence-electron chi connectivity index (χ4n) is 3.53. The molecular formula is C19H23N7O2. The zero-order valence-corrected chi connectivity index (χ0v) is 15.7. The molecule has 4 rings (SSSR count). The van der Waals surface area contributed by atoms with E-state index in [9.17, 15) is 4.79 Å². The molecule has 146 valence electrons. The number of nitrogens with zero attached hydrogens (tertiary/aromatic N) is 5. The van der Waals surface area contributed by atoms with Crippen LogP contribution in [0.4, 0.5) is 11.6 Å². The van der Waals surface area contributed by atoms with E-state index in [-0.39, 0.29) is 6.04 Å². The number of amides is 1. The zero-order valence-electron chi connectivity index (χ0n) is 15.7. The fraction of sp³-hybridized carbons (Fsp3) is 0.368. The van der Waals surface area contributed by atoms with Gasteiger partial charge >= 0.3 is 0 Å². The topological polar surface area (TPSA) is 111 Å². The molecule has 1 amide bonds. The van der Waals surface area contributed by atoms with E-state index in [0.717, 1.165) is 42.1 Å².